The molecule has 0 spiro atoms. The van der Waals surface area contributed by atoms with Crippen LogP contribution in [0.5, 0.6) is 0 Å². The summed E-state index contributed by atoms with van der Waals surface area (Å²) < 4.78 is 0. The first-order chi connectivity index (χ1) is 6.24. The molecular weight excluding hydrogens is 184 g/mol. The number of hydrogen-bond acceptors (Lipinski definition) is 4. The highest BCUT2D eigenvalue weighted by atomic mass is 32.1. The Hall–Kier alpha value is -0.610. The van der Waals surface area contributed by atoms with Gasteiger partial charge in [0.1, 0.15) is 0 Å². The quantitative estimate of drug-likeness (QED) is 0.778. The Morgan fingerprint density at radius 1 is 1.69 bits per heavy atom. The highest BCUT2D eigenvalue weighted by Crippen LogP contribution is 2.35. The summed E-state index contributed by atoms with van der Waals surface area (Å²) in [5.74, 6) is 0. The van der Waals surface area contributed by atoms with Crippen molar-refractivity contribution in [1.29, 1.82) is 0 Å². The summed E-state index contributed by atoms with van der Waals surface area (Å²) in [5.41, 5.74) is 0.976. The standard InChI is InChI=1S/C9H14N2OS/c1-7-5-13-8(10-7)11-9(6-12)3-2-4-9/h5,12H,2-4,6H2,1H3,(H,10,11). The third kappa shape index (κ3) is 1.69. The van der Waals surface area contributed by atoms with Crippen molar-refractivity contribution < 1.29 is 5.11 Å². The van der Waals surface area contributed by atoms with E-state index in [9.17, 15) is 5.11 Å². The zero-order valence-corrected chi connectivity index (χ0v) is 8.52. The van der Waals surface area contributed by atoms with Crippen molar-refractivity contribution >= 4 is 16.5 Å². The van der Waals surface area contributed by atoms with Gasteiger partial charge in [-0.15, -0.1) is 11.3 Å². The van der Waals surface area contributed by atoms with Gasteiger partial charge in [0.25, 0.3) is 0 Å². The Balaban J connectivity index is 2.04. The van der Waals surface area contributed by atoms with Gasteiger partial charge in [0.15, 0.2) is 5.13 Å². The maximum Gasteiger partial charge on any atom is 0.183 e. The third-order valence-electron chi connectivity index (χ3n) is 2.60. The van der Waals surface area contributed by atoms with Crippen molar-refractivity contribution in [3.63, 3.8) is 0 Å². The Bertz CT molecular complexity index is 288. The molecule has 0 aliphatic heterocycles. The van der Waals surface area contributed by atoms with Gasteiger partial charge in [-0.25, -0.2) is 4.98 Å². The van der Waals surface area contributed by atoms with E-state index in [2.05, 4.69) is 10.3 Å². The smallest absolute Gasteiger partial charge is 0.183 e. The Morgan fingerprint density at radius 2 is 2.46 bits per heavy atom. The lowest BCUT2D eigenvalue weighted by molar-refractivity contribution is 0.144. The van der Waals surface area contributed by atoms with Crippen molar-refractivity contribution in [3.05, 3.63) is 11.1 Å². The van der Waals surface area contributed by atoms with Crippen molar-refractivity contribution in [3.8, 4) is 0 Å². The number of aromatic nitrogens is 1. The molecule has 3 nitrogen and oxygen atoms in total. The van der Waals surface area contributed by atoms with Crippen LogP contribution < -0.4 is 5.32 Å². The minimum Gasteiger partial charge on any atom is -0.394 e. The molecule has 1 aliphatic carbocycles. The Kier molecular flexibility index (Phi) is 2.26. The lowest BCUT2D eigenvalue weighted by Crippen LogP contribution is -2.48. The summed E-state index contributed by atoms with van der Waals surface area (Å²) in [5, 5.41) is 15.5. The summed E-state index contributed by atoms with van der Waals surface area (Å²) in [7, 11) is 0. The summed E-state index contributed by atoms with van der Waals surface area (Å²) in [6.45, 7) is 2.19. The van der Waals surface area contributed by atoms with E-state index in [0.717, 1.165) is 23.7 Å². The minimum absolute atomic E-state index is 0.0652. The monoisotopic (exact) mass is 198 g/mol. The molecule has 0 aromatic carbocycles. The van der Waals surface area contributed by atoms with E-state index < -0.39 is 0 Å². The number of rotatable bonds is 3. The van der Waals surface area contributed by atoms with E-state index in [-0.39, 0.29) is 12.1 Å². The second-order valence-electron chi connectivity index (χ2n) is 3.71. The van der Waals surface area contributed by atoms with Gasteiger partial charge in [-0.3, -0.25) is 0 Å². The van der Waals surface area contributed by atoms with Gasteiger partial charge in [0, 0.05) is 5.38 Å². The van der Waals surface area contributed by atoms with E-state index in [4.69, 9.17) is 0 Å². The van der Waals surface area contributed by atoms with Gasteiger partial charge < -0.3 is 10.4 Å². The van der Waals surface area contributed by atoms with Crippen molar-refractivity contribution in [2.24, 2.45) is 0 Å². The van der Waals surface area contributed by atoms with Crippen LogP contribution in [0.1, 0.15) is 25.0 Å². The third-order valence-corrected chi connectivity index (χ3v) is 3.48. The van der Waals surface area contributed by atoms with Crippen LogP contribution in [0, 0.1) is 6.92 Å². The predicted molar refractivity (Wildman–Crippen MR) is 54.1 cm³/mol. The van der Waals surface area contributed by atoms with E-state index in [1.54, 1.807) is 11.3 Å². The van der Waals surface area contributed by atoms with E-state index >= 15 is 0 Å². The maximum absolute atomic E-state index is 9.22. The SMILES string of the molecule is Cc1csc(NC2(CO)CCC2)n1. The number of hydrogen-bond donors (Lipinski definition) is 2. The van der Waals surface area contributed by atoms with Crippen LogP contribution in [-0.4, -0.2) is 22.2 Å². The minimum atomic E-state index is -0.0652. The molecule has 1 aromatic heterocycles. The van der Waals surface area contributed by atoms with Crippen LogP contribution in [0.15, 0.2) is 5.38 Å². The van der Waals surface area contributed by atoms with Crippen LogP contribution in [0.4, 0.5) is 5.13 Å². The van der Waals surface area contributed by atoms with Crippen LogP contribution >= 0.6 is 11.3 Å². The fourth-order valence-corrected chi connectivity index (χ4v) is 2.37. The topological polar surface area (TPSA) is 45.1 Å². The molecule has 4 heteroatoms. The first-order valence-corrected chi connectivity index (χ1v) is 5.43. The van der Waals surface area contributed by atoms with Gasteiger partial charge in [0.2, 0.25) is 0 Å². The highest BCUT2D eigenvalue weighted by molar-refractivity contribution is 7.13. The molecule has 1 saturated carbocycles. The summed E-state index contributed by atoms with van der Waals surface area (Å²) >= 11 is 1.61. The highest BCUT2D eigenvalue weighted by Gasteiger charge is 2.36. The Morgan fingerprint density at radius 3 is 2.85 bits per heavy atom. The van der Waals surface area contributed by atoms with Gasteiger partial charge >= 0.3 is 0 Å². The summed E-state index contributed by atoms with van der Waals surface area (Å²) in [4.78, 5) is 4.32. The van der Waals surface area contributed by atoms with Crippen LogP contribution in [0.25, 0.3) is 0 Å². The molecule has 13 heavy (non-hydrogen) atoms. The molecule has 0 amide bonds. The van der Waals surface area contributed by atoms with Gasteiger partial charge in [-0.1, -0.05) is 0 Å². The number of aryl methyl sites for hydroxylation is 1. The molecule has 0 saturated heterocycles. The zero-order valence-electron chi connectivity index (χ0n) is 7.71. The van der Waals surface area contributed by atoms with Crippen LogP contribution in [0.3, 0.4) is 0 Å². The molecule has 1 aliphatic rings. The van der Waals surface area contributed by atoms with Crippen molar-refractivity contribution in [1.82, 2.24) is 4.98 Å². The molecule has 0 radical (unpaired) electrons. The lowest BCUT2D eigenvalue weighted by atomic mass is 9.77. The number of anilines is 1. The molecule has 0 bridgehead atoms. The average Bonchev–Trinajstić information content (AvgIpc) is 2.44. The number of aliphatic hydroxyl groups excluding tert-OH is 1. The molecule has 2 rings (SSSR count). The van der Waals surface area contributed by atoms with E-state index in [0.29, 0.717) is 0 Å². The molecule has 1 fully saturated rings. The average molecular weight is 198 g/mol. The number of aliphatic hydroxyl groups is 1. The molecule has 2 N–H and O–H groups in total. The first kappa shape index (κ1) is 8.97. The van der Waals surface area contributed by atoms with Gasteiger partial charge in [-0.05, 0) is 26.2 Å². The Labute approximate surface area is 81.8 Å². The molecule has 0 unspecified atom stereocenters. The van der Waals surface area contributed by atoms with E-state index in [1.165, 1.54) is 6.42 Å². The fraction of sp³-hybridized carbons (Fsp3) is 0.667. The van der Waals surface area contributed by atoms with Gasteiger partial charge in [-0.2, -0.15) is 0 Å². The zero-order chi connectivity index (χ0) is 9.31. The number of nitrogens with one attached hydrogen (secondary N) is 1. The van der Waals surface area contributed by atoms with Crippen molar-refractivity contribution in [2.45, 2.75) is 31.7 Å². The largest absolute Gasteiger partial charge is 0.394 e. The molecular formula is C9H14N2OS. The lowest BCUT2D eigenvalue weighted by Gasteiger charge is -2.40. The first-order valence-electron chi connectivity index (χ1n) is 4.55. The second kappa shape index (κ2) is 3.27. The second-order valence-corrected chi connectivity index (χ2v) is 4.57. The summed E-state index contributed by atoms with van der Waals surface area (Å²) in [6.07, 6.45) is 3.32. The fourth-order valence-electron chi connectivity index (χ4n) is 1.56. The van der Waals surface area contributed by atoms with Crippen LogP contribution in [0.2, 0.25) is 0 Å². The van der Waals surface area contributed by atoms with Gasteiger partial charge in [0.05, 0.1) is 17.8 Å². The molecule has 1 heterocycles. The predicted octanol–water partition coefficient (Wildman–Crippen LogP) is 1.78. The molecule has 72 valence electrons. The molecule has 0 atom stereocenters. The van der Waals surface area contributed by atoms with E-state index in [1.807, 2.05) is 12.3 Å². The number of thiazole rings is 1. The normalized spacial score (nSPS) is 19.5. The molecule has 1 aromatic rings. The van der Waals surface area contributed by atoms with Crippen LogP contribution in [-0.2, 0) is 0 Å². The van der Waals surface area contributed by atoms with Crippen molar-refractivity contribution in [2.75, 3.05) is 11.9 Å². The summed E-state index contributed by atoms with van der Waals surface area (Å²) in [6, 6.07) is 0. The maximum atomic E-state index is 9.22. The number of nitrogens with zero attached hydrogens (tertiary/aromatic N) is 1.